The van der Waals surface area contributed by atoms with Crippen LogP contribution in [0.25, 0.3) is 22.0 Å². The Bertz CT molecular complexity index is 982. The fraction of sp³-hybridized carbons (Fsp3) is 0.211. The molecule has 1 fully saturated rings. The summed E-state index contributed by atoms with van der Waals surface area (Å²) in [6, 6.07) is 10.8. The minimum atomic E-state index is -0.811. The first kappa shape index (κ1) is 17.4. The van der Waals surface area contributed by atoms with Crippen LogP contribution in [0.3, 0.4) is 0 Å². The first-order valence-corrected chi connectivity index (χ1v) is 9.32. The van der Waals surface area contributed by atoms with Crippen LogP contribution in [0, 0.1) is 5.82 Å². The summed E-state index contributed by atoms with van der Waals surface area (Å²) in [6.45, 7) is 2.18. The Morgan fingerprint density at radius 3 is 2.56 bits per heavy atom. The van der Waals surface area contributed by atoms with E-state index in [-0.39, 0.29) is 5.56 Å². The molecule has 0 unspecified atom stereocenters. The zero-order valence-corrected chi connectivity index (χ0v) is 15.2. The van der Waals surface area contributed by atoms with E-state index in [2.05, 4.69) is 31.5 Å². The van der Waals surface area contributed by atoms with E-state index in [1.807, 2.05) is 12.1 Å². The van der Waals surface area contributed by atoms with Gasteiger partial charge in [-0.05, 0) is 60.8 Å². The molecular formula is C19H17FN4O2S. The lowest BCUT2D eigenvalue weighted by molar-refractivity contribution is 0.321. The van der Waals surface area contributed by atoms with Gasteiger partial charge in [-0.3, -0.25) is 0 Å². The quantitative estimate of drug-likeness (QED) is 0.402. The molecule has 8 heteroatoms. The highest BCUT2D eigenvalue weighted by atomic mass is 32.1. The van der Waals surface area contributed by atoms with Crippen LogP contribution >= 0.6 is 11.5 Å². The van der Waals surface area contributed by atoms with Crippen molar-refractivity contribution in [2.45, 2.75) is 12.8 Å². The molecule has 27 heavy (non-hydrogen) atoms. The molecule has 0 atom stereocenters. The number of nitrogens with zero attached hydrogens (tertiary/aromatic N) is 4. The summed E-state index contributed by atoms with van der Waals surface area (Å²) < 4.78 is 18.3. The molecule has 2 heterocycles. The second kappa shape index (κ2) is 7.32. The lowest BCUT2D eigenvalue weighted by Crippen LogP contribution is -2.17. The molecule has 2 N–H and O–H groups in total. The monoisotopic (exact) mass is 384 g/mol. The second-order valence-corrected chi connectivity index (χ2v) is 7.06. The lowest BCUT2D eigenvalue weighted by Gasteiger charge is -2.17. The predicted molar refractivity (Wildman–Crippen MR) is 103 cm³/mol. The minimum absolute atomic E-state index is 0.0687. The van der Waals surface area contributed by atoms with E-state index >= 15 is 0 Å². The van der Waals surface area contributed by atoms with Gasteiger partial charge in [0.15, 0.2) is 17.4 Å². The average molecular weight is 384 g/mol. The van der Waals surface area contributed by atoms with Gasteiger partial charge in [-0.15, -0.1) is 0 Å². The van der Waals surface area contributed by atoms with E-state index < -0.39 is 11.6 Å². The molecule has 1 aromatic heterocycles. The van der Waals surface area contributed by atoms with Gasteiger partial charge < -0.3 is 15.2 Å². The van der Waals surface area contributed by atoms with Crippen molar-refractivity contribution >= 4 is 23.4 Å². The Balaban J connectivity index is 1.62. The van der Waals surface area contributed by atoms with Gasteiger partial charge in [0.2, 0.25) is 0 Å². The summed E-state index contributed by atoms with van der Waals surface area (Å²) in [7, 11) is 0. The lowest BCUT2D eigenvalue weighted by atomic mass is 10.1. The summed E-state index contributed by atoms with van der Waals surface area (Å²) in [5.41, 5.74) is 2.61. The molecule has 0 radical (unpaired) electrons. The molecule has 4 rings (SSSR count). The molecule has 1 saturated heterocycles. The maximum Gasteiger partial charge on any atom is 0.173 e. The molecule has 0 saturated carbocycles. The second-order valence-electron chi connectivity index (χ2n) is 6.30. The summed E-state index contributed by atoms with van der Waals surface area (Å²) in [5.74, 6) is -0.818. The van der Waals surface area contributed by atoms with Gasteiger partial charge in [0.1, 0.15) is 5.01 Å². The number of oxime groups is 1. The van der Waals surface area contributed by atoms with Crippen molar-refractivity contribution in [2.75, 3.05) is 18.0 Å². The van der Waals surface area contributed by atoms with Gasteiger partial charge in [0.05, 0.1) is 6.21 Å². The summed E-state index contributed by atoms with van der Waals surface area (Å²) >= 11 is 1.14. The largest absolute Gasteiger partial charge is 0.504 e. The van der Waals surface area contributed by atoms with Crippen LogP contribution in [0.5, 0.6) is 5.75 Å². The molecule has 0 spiro atoms. The van der Waals surface area contributed by atoms with Gasteiger partial charge in [-0.2, -0.15) is 4.37 Å². The molecule has 2 aromatic carbocycles. The maximum atomic E-state index is 13.9. The van der Waals surface area contributed by atoms with E-state index in [0.29, 0.717) is 16.4 Å². The Morgan fingerprint density at radius 1 is 1.11 bits per heavy atom. The number of hydrogen-bond donors (Lipinski definition) is 2. The summed E-state index contributed by atoms with van der Waals surface area (Å²) in [6.07, 6.45) is 3.43. The Labute approximate surface area is 159 Å². The molecule has 0 amide bonds. The number of hydrogen-bond acceptors (Lipinski definition) is 7. The Kier molecular flexibility index (Phi) is 4.72. The maximum absolute atomic E-state index is 13.9. The van der Waals surface area contributed by atoms with E-state index in [0.717, 1.165) is 36.4 Å². The fourth-order valence-electron chi connectivity index (χ4n) is 3.16. The van der Waals surface area contributed by atoms with E-state index in [1.54, 1.807) is 0 Å². The van der Waals surface area contributed by atoms with E-state index in [4.69, 9.17) is 5.21 Å². The van der Waals surface area contributed by atoms with Gasteiger partial charge in [0, 0.05) is 35.5 Å². The first-order chi connectivity index (χ1) is 13.2. The van der Waals surface area contributed by atoms with Crippen LogP contribution < -0.4 is 4.90 Å². The molecular weight excluding hydrogens is 367 g/mol. The van der Waals surface area contributed by atoms with Crippen molar-refractivity contribution in [3.63, 3.8) is 0 Å². The molecule has 6 nitrogen and oxygen atoms in total. The average Bonchev–Trinajstić information content (AvgIpc) is 3.37. The molecule has 1 aliphatic heterocycles. The van der Waals surface area contributed by atoms with Crippen molar-refractivity contribution in [3.05, 3.63) is 47.8 Å². The van der Waals surface area contributed by atoms with Crippen LogP contribution in [0.15, 0.2) is 41.6 Å². The smallest absolute Gasteiger partial charge is 0.173 e. The standard InChI is InChI=1S/C19H17FN4O2S/c20-16-10-13(9-14(11-21-26)17(16)25)19-22-18(23-27-19)12-3-5-15(6-4-12)24-7-1-2-8-24/h3-6,9-11,25-26H,1-2,7-8H2. The summed E-state index contributed by atoms with van der Waals surface area (Å²) in [5, 5.41) is 21.7. The zero-order chi connectivity index (χ0) is 18.8. The topological polar surface area (TPSA) is 81.8 Å². The van der Waals surface area contributed by atoms with Crippen molar-refractivity contribution in [1.82, 2.24) is 9.36 Å². The van der Waals surface area contributed by atoms with Crippen LogP contribution in [-0.4, -0.2) is 39.0 Å². The number of aromatic nitrogens is 2. The van der Waals surface area contributed by atoms with Crippen LogP contribution in [0.4, 0.5) is 10.1 Å². The Morgan fingerprint density at radius 2 is 1.85 bits per heavy atom. The van der Waals surface area contributed by atoms with Gasteiger partial charge in [0.25, 0.3) is 0 Å². The van der Waals surface area contributed by atoms with E-state index in [1.165, 1.54) is 30.7 Å². The highest BCUT2D eigenvalue weighted by molar-refractivity contribution is 7.09. The van der Waals surface area contributed by atoms with Crippen molar-refractivity contribution in [2.24, 2.45) is 5.16 Å². The zero-order valence-electron chi connectivity index (χ0n) is 14.3. The normalized spacial score (nSPS) is 14.3. The number of phenols is 1. The fourth-order valence-corrected chi connectivity index (χ4v) is 3.83. The molecule has 0 bridgehead atoms. The van der Waals surface area contributed by atoms with Gasteiger partial charge in [-0.25, -0.2) is 9.37 Å². The van der Waals surface area contributed by atoms with Crippen molar-refractivity contribution in [1.29, 1.82) is 0 Å². The van der Waals surface area contributed by atoms with Crippen molar-refractivity contribution < 1.29 is 14.7 Å². The van der Waals surface area contributed by atoms with Gasteiger partial charge in [-0.1, -0.05) is 5.16 Å². The third-order valence-corrected chi connectivity index (χ3v) is 5.32. The predicted octanol–water partition coefficient (Wildman–Crippen LogP) is 4.13. The third kappa shape index (κ3) is 3.48. The van der Waals surface area contributed by atoms with Crippen LogP contribution in [-0.2, 0) is 0 Å². The molecule has 138 valence electrons. The Hall–Kier alpha value is -3.00. The SMILES string of the molecule is ON=Cc1cc(-c2nc(-c3ccc(N4CCCC4)cc3)ns2)cc(F)c1O. The van der Waals surface area contributed by atoms with Crippen LogP contribution in [0.2, 0.25) is 0 Å². The molecule has 0 aliphatic carbocycles. The number of anilines is 1. The number of rotatable bonds is 4. The van der Waals surface area contributed by atoms with Crippen LogP contribution in [0.1, 0.15) is 18.4 Å². The number of phenolic OH excluding ortho intramolecular Hbond substituents is 1. The van der Waals surface area contributed by atoms with Gasteiger partial charge >= 0.3 is 0 Å². The van der Waals surface area contributed by atoms with E-state index in [9.17, 15) is 9.50 Å². The number of aromatic hydroxyl groups is 1. The molecule has 3 aromatic rings. The number of benzene rings is 2. The summed E-state index contributed by atoms with van der Waals surface area (Å²) in [4.78, 5) is 6.84. The highest BCUT2D eigenvalue weighted by Gasteiger charge is 2.15. The third-order valence-electron chi connectivity index (χ3n) is 4.56. The number of halogens is 1. The minimum Gasteiger partial charge on any atom is -0.504 e. The van der Waals surface area contributed by atoms with Crippen molar-refractivity contribution in [3.8, 4) is 27.7 Å². The first-order valence-electron chi connectivity index (χ1n) is 8.55. The molecule has 1 aliphatic rings. The highest BCUT2D eigenvalue weighted by Crippen LogP contribution is 2.31.